The molecule has 0 bridgehead atoms. The smallest absolute Gasteiger partial charge is 0.274 e. The van der Waals surface area contributed by atoms with Gasteiger partial charge in [0, 0.05) is 10.7 Å². The third-order valence-corrected chi connectivity index (χ3v) is 4.06. The number of amides is 1. The van der Waals surface area contributed by atoms with Crippen LogP contribution in [0.5, 0.6) is 5.75 Å². The van der Waals surface area contributed by atoms with Crippen LogP contribution in [0.4, 0.5) is 17.3 Å². The summed E-state index contributed by atoms with van der Waals surface area (Å²) < 4.78 is 6.11. The maximum atomic E-state index is 12.5. The molecule has 0 atom stereocenters. The number of hydrogen-bond donors (Lipinski definition) is 2. The van der Waals surface area contributed by atoms with Gasteiger partial charge in [-0.05, 0) is 46.3 Å². The van der Waals surface area contributed by atoms with Crippen molar-refractivity contribution in [2.24, 2.45) is 0 Å². The monoisotopic (exact) mass is 398 g/mol. The fourth-order valence-corrected chi connectivity index (χ4v) is 2.55. The Balaban J connectivity index is 1.79. The molecule has 7 heteroatoms. The zero-order valence-corrected chi connectivity index (χ0v) is 14.9. The molecular weight excluding hydrogens is 384 g/mol. The van der Waals surface area contributed by atoms with Crippen LogP contribution >= 0.6 is 15.9 Å². The number of carbonyl (C=O) groups is 1. The average molecular weight is 399 g/mol. The summed E-state index contributed by atoms with van der Waals surface area (Å²) in [4.78, 5) is 20.9. The van der Waals surface area contributed by atoms with Gasteiger partial charge in [0.1, 0.15) is 11.4 Å². The van der Waals surface area contributed by atoms with Crippen molar-refractivity contribution in [2.45, 2.75) is 0 Å². The lowest BCUT2D eigenvalue weighted by molar-refractivity contribution is 0.102. The zero-order chi connectivity index (χ0) is 17.6. The number of ether oxygens (including phenoxy) is 1. The van der Waals surface area contributed by atoms with Gasteiger partial charge in [0.2, 0.25) is 5.95 Å². The number of anilines is 3. The average Bonchev–Trinajstić information content (AvgIpc) is 2.64. The second kappa shape index (κ2) is 7.76. The van der Waals surface area contributed by atoms with Crippen LogP contribution in [0.3, 0.4) is 0 Å². The van der Waals surface area contributed by atoms with E-state index in [1.54, 1.807) is 25.3 Å². The normalized spacial score (nSPS) is 10.2. The second-order valence-corrected chi connectivity index (χ2v) is 5.88. The number of halogens is 1. The van der Waals surface area contributed by atoms with Gasteiger partial charge in [-0.3, -0.25) is 4.79 Å². The van der Waals surface area contributed by atoms with E-state index in [2.05, 4.69) is 36.5 Å². The Morgan fingerprint density at radius 2 is 1.76 bits per heavy atom. The van der Waals surface area contributed by atoms with Crippen molar-refractivity contribution < 1.29 is 9.53 Å². The van der Waals surface area contributed by atoms with Gasteiger partial charge in [0.15, 0.2) is 0 Å². The Morgan fingerprint density at radius 3 is 2.52 bits per heavy atom. The first kappa shape index (κ1) is 16.9. The Hall–Kier alpha value is -2.93. The van der Waals surface area contributed by atoms with Gasteiger partial charge in [0.05, 0.1) is 18.5 Å². The van der Waals surface area contributed by atoms with Crippen molar-refractivity contribution in [1.82, 2.24) is 9.97 Å². The van der Waals surface area contributed by atoms with Gasteiger partial charge in [-0.15, -0.1) is 0 Å². The Kier molecular flexibility index (Phi) is 5.25. The summed E-state index contributed by atoms with van der Waals surface area (Å²) in [5.74, 6) is 0.568. The highest BCUT2D eigenvalue weighted by atomic mass is 79.9. The molecule has 0 unspecified atom stereocenters. The van der Waals surface area contributed by atoms with E-state index < -0.39 is 0 Å². The van der Waals surface area contributed by atoms with E-state index in [1.807, 2.05) is 36.4 Å². The predicted octanol–water partition coefficient (Wildman–Crippen LogP) is 4.24. The molecule has 2 N–H and O–H groups in total. The molecule has 0 aliphatic heterocycles. The van der Waals surface area contributed by atoms with Crippen LogP contribution in [0.25, 0.3) is 0 Å². The van der Waals surface area contributed by atoms with Gasteiger partial charge in [-0.2, -0.15) is 0 Å². The maximum absolute atomic E-state index is 12.5. The lowest BCUT2D eigenvalue weighted by Crippen LogP contribution is -2.15. The fraction of sp³-hybridized carbons (Fsp3) is 0.0556. The second-order valence-electron chi connectivity index (χ2n) is 5.02. The fourth-order valence-electron chi connectivity index (χ4n) is 2.16. The van der Waals surface area contributed by atoms with Gasteiger partial charge in [0.25, 0.3) is 5.91 Å². The van der Waals surface area contributed by atoms with E-state index in [0.29, 0.717) is 17.4 Å². The lowest BCUT2D eigenvalue weighted by atomic mass is 10.2. The zero-order valence-electron chi connectivity index (χ0n) is 13.4. The quantitative estimate of drug-likeness (QED) is 0.671. The molecule has 1 amide bonds. The summed E-state index contributed by atoms with van der Waals surface area (Å²) in [6.07, 6.45) is 1.53. The molecule has 2 aromatic carbocycles. The molecule has 1 aromatic heterocycles. The maximum Gasteiger partial charge on any atom is 0.274 e. The van der Waals surface area contributed by atoms with E-state index in [9.17, 15) is 4.79 Å². The molecule has 6 nitrogen and oxygen atoms in total. The number of para-hydroxylation sites is 3. The minimum atomic E-state index is -0.345. The van der Waals surface area contributed by atoms with Crippen molar-refractivity contribution in [3.05, 3.63) is 71.0 Å². The highest BCUT2D eigenvalue weighted by molar-refractivity contribution is 9.10. The minimum absolute atomic E-state index is 0.246. The van der Waals surface area contributed by atoms with Crippen LogP contribution in [0.2, 0.25) is 0 Å². The van der Waals surface area contributed by atoms with Crippen LogP contribution in [-0.4, -0.2) is 23.0 Å². The number of aromatic nitrogens is 2. The Morgan fingerprint density at radius 1 is 1.04 bits per heavy atom. The standard InChI is InChI=1S/C18H15BrN4O2/c1-25-16-9-5-4-8-14(16)21-17(24)15-10-11-20-18(23-15)22-13-7-3-2-6-12(13)19/h2-11H,1H3,(H,21,24)(H,20,22,23). The van der Waals surface area contributed by atoms with Crippen molar-refractivity contribution in [3.63, 3.8) is 0 Å². The topological polar surface area (TPSA) is 76.1 Å². The molecular formula is C18H15BrN4O2. The third kappa shape index (κ3) is 4.13. The highest BCUT2D eigenvalue weighted by Gasteiger charge is 2.12. The van der Waals surface area contributed by atoms with Gasteiger partial charge in [-0.1, -0.05) is 24.3 Å². The molecule has 0 spiro atoms. The van der Waals surface area contributed by atoms with Crippen LogP contribution in [0.15, 0.2) is 65.3 Å². The summed E-state index contributed by atoms with van der Waals surface area (Å²) in [5, 5.41) is 5.87. The molecule has 0 saturated heterocycles. The number of benzene rings is 2. The minimum Gasteiger partial charge on any atom is -0.495 e. The Bertz CT molecular complexity index is 902. The molecule has 1 heterocycles. The molecule has 0 radical (unpaired) electrons. The molecule has 25 heavy (non-hydrogen) atoms. The number of rotatable bonds is 5. The number of carbonyl (C=O) groups excluding carboxylic acids is 1. The van der Waals surface area contributed by atoms with Crippen LogP contribution in [-0.2, 0) is 0 Å². The van der Waals surface area contributed by atoms with Crippen LogP contribution in [0, 0.1) is 0 Å². The number of hydrogen-bond acceptors (Lipinski definition) is 5. The SMILES string of the molecule is COc1ccccc1NC(=O)c1ccnc(Nc2ccccc2Br)n1. The summed E-state index contributed by atoms with van der Waals surface area (Å²) in [7, 11) is 1.55. The van der Waals surface area contributed by atoms with Gasteiger partial charge >= 0.3 is 0 Å². The van der Waals surface area contributed by atoms with Gasteiger partial charge < -0.3 is 15.4 Å². The Labute approximate surface area is 153 Å². The largest absolute Gasteiger partial charge is 0.495 e. The van der Waals surface area contributed by atoms with E-state index in [1.165, 1.54) is 6.20 Å². The first-order valence-corrected chi connectivity index (χ1v) is 8.25. The van der Waals surface area contributed by atoms with Crippen molar-refractivity contribution >= 4 is 39.2 Å². The first-order valence-electron chi connectivity index (χ1n) is 7.46. The predicted molar refractivity (Wildman–Crippen MR) is 100 cm³/mol. The van der Waals surface area contributed by atoms with E-state index >= 15 is 0 Å². The van der Waals surface area contributed by atoms with Crippen LogP contribution < -0.4 is 15.4 Å². The molecule has 0 saturated carbocycles. The van der Waals surface area contributed by atoms with E-state index in [4.69, 9.17) is 4.74 Å². The summed E-state index contributed by atoms with van der Waals surface area (Å²) in [6.45, 7) is 0. The number of methoxy groups -OCH3 is 1. The van der Waals surface area contributed by atoms with Crippen molar-refractivity contribution in [1.29, 1.82) is 0 Å². The summed E-state index contributed by atoms with van der Waals surface area (Å²) in [5.41, 5.74) is 1.63. The number of nitrogens with one attached hydrogen (secondary N) is 2. The van der Waals surface area contributed by atoms with Gasteiger partial charge in [-0.25, -0.2) is 9.97 Å². The molecule has 126 valence electrons. The number of nitrogens with zero attached hydrogens (tertiary/aromatic N) is 2. The highest BCUT2D eigenvalue weighted by Crippen LogP contribution is 2.25. The summed E-state index contributed by atoms with van der Waals surface area (Å²) >= 11 is 3.45. The molecule has 0 fully saturated rings. The van der Waals surface area contributed by atoms with Crippen molar-refractivity contribution in [3.8, 4) is 5.75 Å². The molecule has 0 aliphatic rings. The lowest BCUT2D eigenvalue weighted by Gasteiger charge is -2.10. The molecule has 3 aromatic rings. The molecule has 0 aliphatic carbocycles. The van der Waals surface area contributed by atoms with Crippen LogP contribution in [0.1, 0.15) is 10.5 Å². The van der Waals surface area contributed by atoms with E-state index in [-0.39, 0.29) is 11.6 Å². The third-order valence-electron chi connectivity index (χ3n) is 3.36. The summed E-state index contributed by atoms with van der Waals surface area (Å²) in [6, 6.07) is 16.3. The van der Waals surface area contributed by atoms with Crippen molar-refractivity contribution in [2.75, 3.05) is 17.7 Å². The van der Waals surface area contributed by atoms with E-state index in [0.717, 1.165) is 10.2 Å². The molecule has 3 rings (SSSR count). The first-order chi connectivity index (χ1) is 12.2.